The number of aryl methyl sites for hydroxylation is 1. The fourth-order valence-electron chi connectivity index (χ4n) is 2.44. The van der Waals surface area contributed by atoms with Gasteiger partial charge in [-0.3, -0.25) is 5.10 Å². The highest BCUT2D eigenvalue weighted by molar-refractivity contribution is 7.91. The van der Waals surface area contributed by atoms with Crippen molar-refractivity contribution in [3.8, 4) is 11.5 Å². The Hall–Kier alpha value is -1.60. The molecular formula is C13H17N3O3S. The largest absolute Gasteiger partial charge is 0.460 e. The van der Waals surface area contributed by atoms with Gasteiger partial charge in [0.25, 0.3) is 0 Å². The van der Waals surface area contributed by atoms with E-state index in [4.69, 9.17) is 4.42 Å². The van der Waals surface area contributed by atoms with Crippen LogP contribution in [0.3, 0.4) is 0 Å². The van der Waals surface area contributed by atoms with Crippen LogP contribution >= 0.6 is 0 Å². The third-order valence-electron chi connectivity index (χ3n) is 3.52. The Balaban J connectivity index is 1.69. The van der Waals surface area contributed by atoms with E-state index in [0.717, 1.165) is 22.8 Å². The Bertz CT molecular complexity index is 702. The Labute approximate surface area is 117 Å². The molecule has 2 aromatic heterocycles. The summed E-state index contributed by atoms with van der Waals surface area (Å²) in [5.41, 5.74) is 1.81. The summed E-state index contributed by atoms with van der Waals surface area (Å²) in [6.07, 6.45) is 2.42. The molecule has 0 bridgehead atoms. The Morgan fingerprint density at radius 2 is 2.35 bits per heavy atom. The zero-order valence-electron chi connectivity index (χ0n) is 11.2. The van der Waals surface area contributed by atoms with Crippen molar-refractivity contribution in [1.29, 1.82) is 0 Å². The third kappa shape index (κ3) is 2.78. The van der Waals surface area contributed by atoms with Crippen LogP contribution in [0.1, 0.15) is 17.7 Å². The molecule has 1 aliphatic rings. The number of aromatic amines is 1. The fourth-order valence-corrected chi connectivity index (χ4v) is 4.15. The Morgan fingerprint density at radius 1 is 1.50 bits per heavy atom. The number of hydrogen-bond acceptors (Lipinski definition) is 5. The minimum absolute atomic E-state index is 0.0288. The lowest BCUT2D eigenvalue weighted by Crippen LogP contribution is -2.29. The van der Waals surface area contributed by atoms with Gasteiger partial charge in [-0.25, -0.2) is 8.42 Å². The predicted molar refractivity (Wildman–Crippen MR) is 74.9 cm³/mol. The van der Waals surface area contributed by atoms with E-state index in [1.807, 2.05) is 19.1 Å². The minimum atomic E-state index is -2.85. The average molecular weight is 295 g/mol. The summed E-state index contributed by atoms with van der Waals surface area (Å²) in [6, 6.07) is 3.82. The summed E-state index contributed by atoms with van der Waals surface area (Å²) in [6.45, 7) is 2.47. The van der Waals surface area contributed by atoms with Crippen molar-refractivity contribution in [3.05, 3.63) is 29.7 Å². The predicted octanol–water partition coefficient (Wildman–Crippen LogP) is 1.25. The van der Waals surface area contributed by atoms with Crippen LogP contribution in [-0.4, -0.2) is 36.2 Å². The van der Waals surface area contributed by atoms with Gasteiger partial charge in [0.1, 0.15) is 11.5 Å². The molecule has 2 N–H and O–H groups in total. The second-order valence-corrected chi connectivity index (χ2v) is 7.39. The third-order valence-corrected chi connectivity index (χ3v) is 5.29. The van der Waals surface area contributed by atoms with Crippen LogP contribution in [0, 0.1) is 6.92 Å². The minimum Gasteiger partial charge on any atom is -0.460 e. The molecule has 20 heavy (non-hydrogen) atoms. The molecule has 1 atom stereocenters. The zero-order valence-corrected chi connectivity index (χ0v) is 12.0. The van der Waals surface area contributed by atoms with Crippen molar-refractivity contribution < 1.29 is 12.8 Å². The molecule has 0 saturated carbocycles. The second-order valence-electron chi connectivity index (χ2n) is 5.16. The van der Waals surface area contributed by atoms with Crippen molar-refractivity contribution in [1.82, 2.24) is 15.5 Å². The van der Waals surface area contributed by atoms with Crippen molar-refractivity contribution in [2.24, 2.45) is 0 Å². The highest BCUT2D eigenvalue weighted by atomic mass is 32.2. The number of nitrogens with one attached hydrogen (secondary N) is 2. The summed E-state index contributed by atoms with van der Waals surface area (Å²) in [5.74, 6) is 2.09. The van der Waals surface area contributed by atoms with Crippen LogP contribution in [0.2, 0.25) is 0 Å². The van der Waals surface area contributed by atoms with Gasteiger partial charge >= 0.3 is 0 Å². The van der Waals surface area contributed by atoms with Crippen LogP contribution in [0.4, 0.5) is 0 Å². The van der Waals surface area contributed by atoms with Crippen molar-refractivity contribution in [2.45, 2.75) is 25.9 Å². The number of rotatable bonds is 4. The molecule has 1 aliphatic heterocycles. The molecule has 3 rings (SSSR count). The molecule has 0 aromatic carbocycles. The highest BCUT2D eigenvalue weighted by Crippen LogP contribution is 2.23. The number of nitrogens with zero attached hydrogens (tertiary/aromatic N) is 1. The molecular weight excluding hydrogens is 278 g/mol. The van der Waals surface area contributed by atoms with E-state index in [9.17, 15) is 8.42 Å². The van der Waals surface area contributed by atoms with Crippen LogP contribution < -0.4 is 5.32 Å². The zero-order chi connectivity index (χ0) is 14.2. The Morgan fingerprint density at radius 3 is 3.00 bits per heavy atom. The van der Waals surface area contributed by atoms with Gasteiger partial charge in [-0.2, -0.15) is 5.10 Å². The average Bonchev–Trinajstić information content (AvgIpc) is 3.06. The maximum Gasteiger partial charge on any atom is 0.152 e. The molecule has 108 valence electrons. The fraction of sp³-hybridized carbons (Fsp3) is 0.462. The lowest BCUT2D eigenvalue weighted by atomic mass is 10.2. The van der Waals surface area contributed by atoms with Crippen LogP contribution in [0.25, 0.3) is 11.5 Å². The van der Waals surface area contributed by atoms with E-state index in [1.165, 1.54) is 0 Å². The van der Waals surface area contributed by atoms with E-state index in [-0.39, 0.29) is 17.5 Å². The molecule has 0 spiro atoms. The molecule has 7 heteroatoms. The topological polar surface area (TPSA) is 88.0 Å². The van der Waals surface area contributed by atoms with Gasteiger partial charge in [0.15, 0.2) is 15.6 Å². The van der Waals surface area contributed by atoms with Gasteiger partial charge in [0.05, 0.1) is 17.7 Å². The van der Waals surface area contributed by atoms with Crippen LogP contribution in [0.15, 0.2) is 22.7 Å². The lowest BCUT2D eigenvalue weighted by Gasteiger charge is -2.10. The second kappa shape index (κ2) is 5.06. The molecule has 0 radical (unpaired) electrons. The maximum absolute atomic E-state index is 11.4. The molecule has 1 unspecified atom stereocenters. The van der Waals surface area contributed by atoms with Gasteiger partial charge < -0.3 is 9.73 Å². The van der Waals surface area contributed by atoms with E-state index < -0.39 is 9.84 Å². The summed E-state index contributed by atoms with van der Waals surface area (Å²) in [7, 11) is -2.85. The van der Waals surface area contributed by atoms with Gasteiger partial charge in [0, 0.05) is 18.2 Å². The van der Waals surface area contributed by atoms with E-state index >= 15 is 0 Å². The number of sulfone groups is 1. The smallest absolute Gasteiger partial charge is 0.152 e. The van der Waals surface area contributed by atoms with E-state index in [1.54, 1.807) is 6.20 Å². The first-order valence-electron chi connectivity index (χ1n) is 6.56. The number of furan rings is 1. The maximum atomic E-state index is 11.4. The number of hydrogen-bond donors (Lipinski definition) is 2. The van der Waals surface area contributed by atoms with E-state index in [2.05, 4.69) is 15.5 Å². The molecule has 3 heterocycles. The number of aromatic nitrogens is 2. The first kappa shape index (κ1) is 13.4. The first-order valence-corrected chi connectivity index (χ1v) is 8.38. The van der Waals surface area contributed by atoms with Crippen molar-refractivity contribution >= 4 is 9.84 Å². The van der Waals surface area contributed by atoms with Gasteiger partial charge in [-0.1, -0.05) is 0 Å². The van der Waals surface area contributed by atoms with E-state index in [0.29, 0.717) is 13.0 Å². The molecule has 2 aromatic rings. The lowest BCUT2D eigenvalue weighted by molar-refractivity contribution is 0.539. The van der Waals surface area contributed by atoms with Crippen molar-refractivity contribution in [3.63, 3.8) is 0 Å². The Kier molecular flexibility index (Phi) is 3.39. The number of H-pyrrole nitrogens is 1. The summed E-state index contributed by atoms with van der Waals surface area (Å²) in [5, 5.41) is 10.2. The van der Waals surface area contributed by atoms with Crippen molar-refractivity contribution in [2.75, 3.05) is 11.5 Å². The summed E-state index contributed by atoms with van der Waals surface area (Å²) >= 11 is 0. The van der Waals surface area contributed by atoms with Gasteiger partial charge in [-0.15, -0.1) is 0 Å². The first-order chi connectivity index (χ1) is 9.53. The quantitative estimate of drug-likeness (QED) is 0.886. The SMILES string of the molecule is Cc1ccc(-c2[nH]ncc2CNC2CCS(=O)(=O)C2)o1. The van der Waals surface area contributed by atoms with Crippen LogP contribution in [-0.2, 0) is 16.4 Å². The molecule has 1 fully saturated rings. The summed E-state index contributed by atoms with van der Waals surface area (Å²) < 4.78 is 28.4. The monoisotopic (exact) mass is 295 g/mol. The molecule has 6 nitrogen and oxygen atoms in total. The molecule has 0 aliphatic carbocycles. The van der Waals surface area contributed by atoms with Crippen LogP contribution in [0.5, 0.6) is 0 Å². The molecule has 1 saturated heterocycles. The normalized spacial score (nSPS) is 21.4. The standard InChI is InChI=1S/C13H17N3O3S/c1-9-2-3-12(19-9)13-10(7-15-16-13)6-14-11-4-5-20(17,18)8-11/h2-3,7,11,14H,4-6,8H2,1H3,(H,15,16). The van der Waals surface area contributed by atoms with Gasteiger partial charge in [0.2, 0.25) is 0 Å². The summed E-state index contributed by atoms with van der Waals surface area (Å²) in [4.78, 5) is 0. The highest BCUT2D eigenvalue weighted by Gasteiger charge is 2.27. The molecule has 0 amide bonds. The van der Waals surface area contributed by atoms with Gasteiger partial charge in [-0.05, 0) is 25.5 Å².